The highest BCUT2D eigenvalue weighted by Gasteiger charge is 2.49. The quantitative estimate of drug-likeness (QED) is 0.565. The molecular weight excluding hydrogens is 492 g/mol. The number of hydrogen-bond donors (Lipinski definition) is 2. The second-order valence-electron chi connectivity index (χ2n) is 10.9. The van der Waals surface area contributed by atoms with Crippen LogP contribution in [0.25, 0.3) is 10.9 Å². The number of halogens is 1. The van der Waals surface area contributed by atoms with Crippen molar-refractivity contribution in [2.45, 2.75) is 76.3 Å². The number of H-pyrrole nitrogens is 1. The zero-order chi connectivity index (χ0) is 26.2. The first-order chi connectivity index (χ1) is 17.8. The molecule has 5 rings (SSSR count). The summed E-state index contributed by atoms with van der Waals surface area (Å²) in [6, 6.07) is 5.94. The largest absolute Gasteiger partial charge is 0.496 e. The van der Waals surface area contributed by atoms with E-state index in [2.05, 4.69) is 16.4 Å². The zero-order valence-electron chi connectivity index (χ0n) is 21.1. The van der Waals surface area contributed by atoms with Crippen molar-refractivity contribution in [3.8, 4) is 11.8 Å². The Bertz CT molecular complexity index is 1260. The normalized spacial score (nSPS) is 23.8. The molecule has 2 N–H and O–H groups in total. The first-order valence-electron chi connectivity index (χ1n) is 13.2. The van der Waals surface area contributed by atoms with Crippen LogP contribution < -0.4 is 10.1 Å². The summed E-state index contributed by atoms with van der Waals surface area (Å²) in [7, 11) is 1.57. The van der Waals surface area contributed by atoms with Crippen LogP contribution in [-0.2, 0) is 9.59 Å². The molecule has 3 fully saturated rings. The molecule has 2 amide bonds. The number of nitriles is 1. The second-order valence-corrected chi connectivity index (χ2v) is 11.3. The van der Waals surface area contributed by atoms with Crippen molar-refractivity contribution < 1.29 is 19.1 Å². The molecule has 8 nitrogen and oxygen atoms in total. The van der Waals surface area contributed by atoms with Gasteiger partial charge in [-0.2, -0.15) is 5.26 Å². The zero-order valence-corrected chi connectivity index (χ0v) is 21.9. The number of nitrogens with zero attached hydrogens (tertiary/aromatic N) is 2. The minimum absolute atomic E-state index is 0.0964. The van der Waals surface area contributed by atoms with Gasteiger partial charge in [-0.25, -0.2) is 0 Å². The van der Waals surface area contributed by atoms with Gasteiger partial charge in [0.25, 0.3) is 5.91 Å². The SMILES string of the molecule is COc1ccc(Cl)c2[nH]c(C(=O)N3CC4(CCCCC4)CC3C(=O)N[C@H](C#N)C[C@@H]3CCCC3=O)cc12. The highest BCUT2D eigenvalue weighted by molar-refractivity contribution is 6.35. The predicted octanol–water partition coefficient (Wildman–Crippen LogP) is 4.76. The molecule has 1 aliphatic heterocycles. The Morgan fingerprint density at radius 1 is 1.30 bits per heavy atom. The van der Waals surface area contributed by atoms with E-state index in [1.807, 2.05) is 0 Å². The van der Waals surface area contributed by atoms with E-state index < -0.39 is 12.1 Å². The third-order valence-corrected chi connectivity index (χ3v) is 8.88. The highest BCUT2D eigenvalue weighted by atomic mass is 35.5. The van der Waals surface area contributed by atoms with Crippen LogP contribution in [0.1, 0.15) is 74.7 Å². The van der Waals surface area contributed by atoms with E-state index in [1.165, 1.54) is 6.42 Å². The number of methoxy groups -OCH3 is 1. The number of carbonyl (C=O) groups excluding carboxylic acids is 3. The van der Waals surface area contributed by atoms with Crippen molar-refractivity contribution in [3.05, 3.63) is 28.9 Å². The lowest BCUT2D eigenvalue weighted by Gasteiger charge is -2.32. The summed E-state index contributed by atoms with van der Waals surface area (Å²) in [5.41, 5.74) is 0.865. The molecule has 0 radical (unpaired) electrons. The van der Waals surface area contributed by atoms with Gasteiger partial charge in [0.1, 0.15) is 29.3 Å². The molecule has 1 unspecified atom stereocenters. The molecule has 2 heterocycles. The summed E-state index contributed by atoms with van der Waals surface area (Å²) in [4.78, 5) is 44.4. The maximum Gasteiger partial charge on any atom is 0.271 e. The molecule has 196 valence electrons. The van der Waals surface area contributed by atoms with Crippen LogP contribution in [0, 0.1) is 22.7 Å². The Hall–Kier alpha value is -3.05. The molecule has 2 saturated carbocycles. The first-order valence-corrected chi connectivity index (χ1v) is 13.6. The summed E-state index contributed by atoms with van der Waals surface area (Å²) >= 11 is 6.38. The Labute approximate surface area is 221 Å². The fraction of sp³-hybridized carbons (Fsp3) is 0.571. The number of aromatic nitrogens is 1. The minimum atomic E-state index is -0.754. The number of likely N-dealkylation sites (tertiary alicyclic amines) is 1. The number of fused-ring (bicyclic) bond motifs is 1. The van der Waals surface area contributed by atoms with E-state index in [-0.39, 0.29) is 28.9 Å². The average molecular weight is 525 g/mol. The van der Waals surface area contributed by atoms with E-state index in [1.54, 1.807) is 30.2 Å². The lowest BCUT2D eigenvalue weighted by molar-refractivity contribution is -0.126. The maximum absolute atomic E-state index is 13.9. The molecule has 1 aromatic carbocycles. The fourth-order valence-corrected chi connectivity index (χ4v) is 6.82. The van der Waals surface area contributed by atoms with Crippen molar-refractivity contribution in [2.75, 3.05) is 13.7 Å². The average Bonchev–Trinajstić information content (AvgIpc) is 3.62. The van der Waals surface area contributed by atoms with Crippen LogP contribution in [0.3, 0.4) is 0 Å². The Morgan fingerprint density at radius 3 is 2.76 bits per heavy atom. The lowest BCUT2D eigenvalue weighted by atomic mass is 9.72. The summed E-state index contributed by atoms with van der Waals surface area (Å²) in [6.45, 7) is 0.502. The lowest BCUT2D eigenvalue weighted by Crippen LogP contribution is -2.49. The number of ketones is 1. The van der Waals surface area contributed by atoms with Gasteiger partial charge in [0.05, 0.1) is 23.7 Å². The Morgan fingerprint density at radius 2 is 2.08 bits per heavy atom. The van der Waals surface area contributed by atoms with Crippen molar-refractivity contribution in [1.29, 1.82) is 5.26 Å². The van der Waals surface area contributed by atoms with E-state index >= 15 is 0 Å². The van der Waals surface area contributed by atoms with E-state index in [0.29, 0.717) is 53.2 Å². The predicted molar refractivity (Wildman–Crippen MR) is 139 cm³/mol. The number of ether oxygens (including phenoxy) is 1. The number of rotatable bonds is 6. The fourth-order valence-electron chi connectivity index (χ4n) is 6.61. The van der Waals surface area contributed by atoms with Crippen LogP contribution in [-0.4, -0.2) is 53.2 Å². The van der Waals surface area contributed by atoms with Crippen molar-refractivity contribution in [3.63, 3.8) is 0 Å². The molecule has 37 heavy (non-hydrogen) atoms. The van der Waals surface area contributed by atoms with Crippen LogP contribution in [0.2, 0.25) is 5.02 Å². The van der Waals surface area contributed by atoms with Crippen LogP contribution in [0.4, 0.5) is 0 Å². The maximum atomic E-state index is 13.9. The van der Waals surface area contributed by atoms with Gasteiger partial charge in [-0.15, -0.1) is 0 Å². The Balaban J connectivity index is 1.41. The third-order valence-electron chi connectivity index (χ3n) is 8.56. The summed E-state index contributed by atoms with van der Waals surface area (Å²) in [6.07, 6.45) is 8.33. The number of carbonyl (C=O) groups is 3. The van der Waals surface area contributed by atoms with E-state index in [0.717, 1.165) is 38.5 Å². The summed E-state index contributed by atoms with van der Waals surface area (Å²) < 4.78 is 5.45. The summed E-state index contributed by atoms with van der Waals surface area (Å²) in [5.74, 6) is 0.00616. The molecule has 1 spiro atoms. The number of aromatic amines is 1. The van der Waals surface area contributed by atoms with Crippen molar-refractivity contribution in [1.82, 2.24) is 15.2 Å². The van der Waals surface area contributed by atoms with Gasteiger partial charge in [0, 0.05) is 24.3 Å². The molecule has 1 saturated heterocycles. The molecule has 3 aliphatic rings. The monoisotopic (exact) mass is 524 g/mol. The Kier molecular flexibility index (Phi) is 7.17. The van der Waals surface area contributed by atoms with Crippen LogP contribution in [0.15, 0.2) is 18.2 Å². The van der Waals surface area contributed by atoms with Gasteiger partial charge in [0.2, 0.25) is 5.91 Å². The van der Waals surface area contributed by atoms with Crippen LogP contribution in [0.5, 0.6) is 5.75 Å². The second kappa shape index (κ2) is 10.4. The number of nitrogens with one attached hydrogen (secondary N) is 2. The van der Waals surface area contributed by atoms with Gasteiger partial charge in [-0.05, 0) is 62.1 Å². The van der Waals surface area contributed by atoms with E-state index in [9.17, 15) is 19.6 Å². The number of benzene rings is 1. The molecule has 1 aromatic heterocycles. The van der Waals surface area contributed by atoms with Gasteiger partial charge in [-0.3, -0.25) is 14.4 Å². The number of amides is 2. The highest BCUT2D eigenvalue weighted by Crippen LogP contribution is 2.47. The third kappa shape index (κ3) is 4.94. The summed E-state index contributed by atoms with van der Waals surface area (Å²) in [5, 5.41) is 13.8. The molecule has 2 aromatic rings. The topological polar surface area (TPSA) is 115 Å². The van der Waals surface area contributed by atoms with Crippen LogP contribution >= 0.6 is 11.6 Å². The van der Waals surface area contributed by atoms with Gasteiger partial charge >= 0.3 is 0 Å². The first kappa shape index (κ1) is 25.6. The van der Waals surface area contributed by atoms with Gasteiger partial charge in [0.15, 0.2) is 0 Å². The number of Topliss-reactive ketones (excluding diaryl/α,β-unsaturated/α-hetero) is 1. The molecule has 3 atom stereocenters. The van der Waals surface area contributed by atoms with Gasteiger partial charge in [-0.1, -0.05) is 30.9 Å². The molecular formula is C28H33ClN4O4. The van der Waals surface area contributed by atoms with Crippen molar-refractivity contribution in [2.24, 2.45) is 11.3 Å². The molecule has 9 heteroatoms. The van der Waals surface area contributed by atoms with Crippen molar-refractivity contribution >= 4 is 40.1 Å². The smallest absolute Gasteiger partial charge is 0.271 e. The minimum Gasteiger partial charge on any atom is -0.496 e. The number of hydrogen-bond acceptors (Lipinski definition) is 5. The van der Waals surface area contributed by atoms with E-state index in [4.69, 9.17) is 16.3 Å². The molecule has 0 bridgehead atoms. The standard InChI is InChI=1S/C28H33ClN4O4/c1-37-24-9-8-20(29)25-19(24)13-21(32-25)27(36)33-16-28(10-3-2-4-11-28)14-22(33)26(35)31-18(15-30)12-17-6-5-7-23(17)34/h8-9,13,17-18,22,32H,2-7,10-12,14,16H2,1H3,(H,31,35)/t17-,18-,22?/m0/s1. The molecule has 2 aliphatic carbocycles. The van der Waals surface area contributed by atoms with Gasteiger partial charge < -0.3 is 19.9 Å².